The lowest BCUT2D eigenvalue weighted by atomic mass is 10.2. The molecule has 5 heteroatoms. The van der Waals surface area contributed by atoms with Crippen LogP contribution in [0.2, 0.25) is 0 Å². The second-order valence-corrected chi connectivity index (χ2v) is 5.76. The van der Waals surface area contributed by atoms with Gasteiger partial charge in [0.05, 0.1) is 17.6 Å². The summed E-state index contributed by atoms with van der Waals surface area (Å²) in [6.45, 7) is 3.63. The molecule has 2 rings (SSSR count). The summed E-state index contributed by atoms with van der Waals surface area (Å²) < 4.78 is 11.2. The van der Waals surface area contributed by atoms with Crippen molar-refractivity contribution in [3.63, 3.8) is 0 Å². The van der Waals surface area contributed by atoms with E-state index in [2.05, 4.69) is 9.88 Å². The highest BCUT2D eigenvalue weighted by Crippen LogP contribution is 2.17. The van der Waals surface area contributed by atoms with Crippen LogP contribution in [-0.2, 0) is 10.8 Å². The molecule has 1 aromatic heterocycles. The van der Waals surface area contributed by atoms with Gasteiger partial charge in [0.1, 0.15) is 0 Å². The minimum absolute atomic E-state index is 0.0251. The Labute approximate surface area is 98.3 Å². The van der Waals surface area contributed by atoms with Crippen molar-refractivity contribution < 1.29 is 4.21 Å². The number of anilines is 1. The van der Waals surface area contributed by atoms with Gasteiger partial charge in [-0.05, 0) is 19.1 Å². The maximum atomic E-state index is 11.2. The largest absolute Gasteiger partial charge is 0.368 e. The molecule has 1 aliphatic rings. The Morgan fingerprint density at radius 2 is 2.12 bits per heavy atom. The SMILES string of the molecule is C[C@@H](N)c1ccc(N2CCS(=O)CC2)cn1. The smallest absolute Gasteiger partial charge is 0.0569 e. The number of aromatic nitrogens is 1. The Kier molecular flexibility index (Phi) is 3.56. The predicted octanol–water partition coefficient (Wildman–Crippen LogP) is 0.670. The van der Waals surface area contributed by atoms with E-state index in [0.717, 1.165) is 36.0 Å². The third-order valence-corrected chi connectivity index (χ3v) is 4.06. The maximum Gasteiger partial charge on any atom is 0.0569 e. The minimum atomic E-state index is -0.628. The van der Waals surface area contributed by atoms with Crippen molar-refractivity contribution in [2.24, 2.45) is 5.73 Å². The molecule has 4 nitrogen and oxygen atoms in total. The first-order chi connectivity index (χ1) is 7.66. The molecule has 2 N–H and O–H groups in total. The summed E-state index contributed by atoms with van der Waals surface area (Å²) in [6.07, 6.45) is 1.85. The molecule has 2 heterocycles. The molecule has 1 aliphatic heterocycles. The van der Waals surface area contributed by atoms with Crippen LogP contribution in [0.3, 0.4) is 0 Å². The number of nitrogens with two attached hydrogens (primary N) is 1. The number of nitrogens with zero attached hydrogens (tertiary/aromatic N) is 2. The second kappa shape index (κ2) is 4.93. The molecule has 1 atom stereocenters. The molecule has 88 valence electrons. The van der Waals surface area contributed by atoms with E-state index in [1.165, 1.54) is 0 Å². The molecule has 0 radical (unpaired) electrons. The maximum absolute atomic E-state index is 11.2. The van der Waals surface area contributed by atoms with Gasteiger partial charge in [0.25, 0.3) is 0 Å². The van der Waals surface area contributed by atoms with Gasteiger partial charge in [0, 0.05) is 41.4 Å². The molecule has 1 fully saturated rings. The van der Waals surface area contributed by atoms with Crippen molar-refractivity contribution in [1.82, 2.24) is 4.98 Å². The Bertz CT molecular complexity index is 367. The van der Waals surface area contributed by atoms with Gasteiger partial charge in [0.2, 0.25) is 0 Å². The Balaban J connectivity index is 2.07. The lowest BCUT2D eigenvalue weighted by Gasteiger charge is -2.28. The van der Waals surface area contributed by atoms with Crippen molar-refractivity contribution in [3.8, 4) is 0 Å². The molecule has 0 bridgehead atoms. The zero-order valence-electron chi connectivity index (χ0n) is 9.43. The van der Waals surface area contributed by atoms with E-state index in [1.54, 1.807) is 0 Å². The van der Waals surface area contributed by atoms with Crippen LogP contribution in [0.4, 0.5) is 5.69 Å². The summed E-state index contributed by atoms with van der Waals surface area (Å²) in [4.78, 5) is 6.55. The van der Waals surface area contributed by atoms with Crippen LogP contribution in [0, 0.1) is 0 Å². The fourth-order valence-corrected chi connectivity index (χ4v) is 2.80. The summed E-state index contributed by atoms with van der Waals surface area (Å²) >= 11 is 0. The summed E-state index contributed by atoms with van der Waals surface area (Å²) in [5.74, 6) is 1.52. The number of hydrogen-bond donors (Lipinski definition) is 1. The standard InChI is InChI=1S/C11H17N3OS/c1-9(12)11-3-2-10(8-13-11)14-4-6-16(15)7-5-14/h2-3,8-9H,4-7,12H2,1H3/t9-/m1/s1. The third-order valence-electron chi connectivity index (χ3n) is 2.78. The number of rotatable bonds is 2. The van der Waals surface area contributed by atoms with E-state index in [1.807, 2.05) is 25.3 Å². The molecular formula is C11H17N3OS. The topological polar surface area (TPSA) is 59.2 Å². The van der Waals surface area contributed by atoms with E-state index in [9.17, 15) is 4.21 Å². The molecule has 0 saturated carbocycles. The van der Waals surface area contributed by atoms with Gasteiger partial charge < -0.3 is 10.6 Å². The molecule has 16 heavy (non-hydrogen) atoms. The van der Waals surface area contributed by atoms with E-state index >= 15 is 0 Å². The number of hydrogen-bond acceptors (Lipinski definition) is 4. The normalized spacial score (nSPS) is 19.8. The Hall–Kier alpha value is -0.940. The highest BCUT2D eigenvalue weighted by molar-refractivity contribution is 7.85. The Morgan fingerprint density at radius 3 is 2.62 bits per heavy atom. The van der Waals surface area contributed by atoms with Crippen molar-refractivity contribution in [3.05, 3.63) is 24.0 Å². The van der Waals surface area contributed by atoms with Crippen molar-refractivity contribution in [2.45, 2.75) is 13.0 Å². The summed E-state index contributed by atoms with van der Waals surface area (Å²) in [7, 11) is -0.628. The fourth-order valence-electron chi connectivity index (χ4n) is 1.75. The highest BCUT2D eigenvalue weighted by Gasteiger charge is 2.15. The fraction of sp³-hybridized carbons (Fsp3) is 0.545. The average Bonchev–Trinajstić information content (AvgIpc) is 2.30. The van der Waals surface area contributed by atoms with Crippen LogP contribution >= 0.6 is 0 Å². The van der Waals surface area contributed by atoms with Gasteiger partial charge >= 0.3 is 0 Å². The molecule has 0 spiro atoms. The summed E-state index contributed by atoms with van der Waals surface area (Å²) in [5.41, 5.74) is 7.75. The average molecular weight is 239 g/mol. The van der Waals surface area contributed by atoms with E-state index in [4.69, 9.17) is 5.73 Å². The van der Waals surface area contributed by atoms with Gasteiger partial charge in [-0.15, -0.1) is 0 Å². The molecule has 1 aromatic rings. The highest BCUT2D eigenvalue weighted by atomic mass is 32.2. The van der Waals surface area contributed by atoms with Gasteiger partial charge in [-0.2, -0.15) is 0 Å². The van der Waals surface area contributed by atoms with Gasteiger partial charge in [-0.25, -0.2) is 0 Å². The molecule has 0 amide bonds. The lowest BCUT2D eigenvalue weighted by Crippen LogP contribution is -2.37. The third kappa shape index (κ3) is 2.59. The van der Waals surface area contributed by atoms with Gasteiger partial charge in [0.15, 0.2) is 0 Å². The van der Waals surface area contributed by atoms with Crippen molar-refractivity contribution in [2.75, 3.05) is 29.5 Å². The first-order valence-corrected chi connectivity index (χ1v) is 6.97. The quantitative estimate of drug-likeness (QED) is 0.824. The monoisotopic (exact) mass is 239 g/mol. The number of pyridine rings is 1. The summed E-state index contributed by atoms with van der Waals surface area (Å²) in [6, 6.07) is 3.98. The van der Waals surface area contributed by atoms with E-state index in [-0.39, 0.29) is 6.04 Å². The zero-order chi connectivity index (χ0) is 11.5. The first-order valence-electron chi connectivity index (χ1n) is 5.48. The van der Waals surface area contributed by atoms with Crippen LogP contribution in [0.15, 0.2) is 18.3 Å². The predicted molar refractivity (Wildman–Crippen MR) is 66.9 cm³/mol. The molecule has 0 aromatic carbocycles. The van der Waals surface area contributed by atoms with Crippen LogP contribution < -0.4 is 10.6 Å². The Morgan fingerprint density at radius 1 is 1.44 bits per heavy atom. The molecular weight excluding hydrogens is 222 g/mol. The molecule has 0 unspecified atom stereocenters. The molecule has 0 aliphatic carbocycles. The van der Waals surface area contributed by atoms with Crippen molar-refractivity contribution >= 4 is 16.5 Å². The van der Waals surface area contributed by atoms with Gasteiger partial charge in [-0.3, -0.25) is 9.19 Å². The second-order valence-electron chi connectivity index (χ2n) is 4.07. The minimum Gasteiger partial charge on any atom is -0.368 e. The first kappa shape index (κ1) is 11.5. The van der Waals surface area contributed by atoms with E-state index in [0.29, 0.717) is 0 Å². The summed E-state index contributed by atoms with van der Waals surface area (Å²) in [5, 5.41) is 0. The van der Waals surface area contributed by atoms with Crippen LogP contribution in [-0.4, -0.2) is 33.8 Å². The lowest BCUT2D eigenvalue weighted by molar-refractivity contribution is 0.673. The van der Waals surface area contributed by atoms with Crippen LogP contribution in [0.1, 0.15) is 18.7 Å². The zero-order valence-corrected chi connectivity index (χ0v) is 10.2. The van der Waals surface area contributed by atoms with Crippen molar-refractivity contribution in [1.29, 1.82) is 0 Å². The van der Waals surface area contributed by atoms with Gasteiger partial charge in [-0.1, -0.05) is 0 Å². The van der Waals surface area contributed by atoms with Crippen LogP contribution in [0.25, 0.3) is 0 Å². The molecule has 1 saturated heterocycles. The van der Waals surface area contributed by atoms with E-state index < -0.39 is 10.8 Å². The van der Waals surface area contributed by atoms with Crippen LogP contribution in [0.5, 0.6) is 0 Å².